The van der Waals surface area contributed by atoms with Gasteiger partial charge in [-0.05, 0) is 6.42 Å². The van der Waals surface area contributed by atoms with E-state index in [1.165, 1.54) is 0 Å². The minimum atomic E-state index is 0.850. The molecule has 0 saturated carbocycles. The summed E-state index contributed by atoms with van der Waals surface area (Å²) >= 11 is 3.75. The fourth-order valence-corrected chi connectivity index (χ4v) is 0.610. The Kier molecular flexibility index (Phi) is 4.65. The van der Waals surface area contributed by atoms with Crippen LogP contribution in [0.2, 0.25) is 0 Å². The molecule has 0 radical (unpaired) electrons. The van der Waals surface area contributed by atoms with Crippen molar-refractivity contribution in [1.29, 1.82) is 0 Å². The summed E-state index contributed by atoms with van der Waals surface area (Å²) in [4.78, 5) is 0. The molecule has 0 bridgehead atoms. The molecule has 0 aliphatic heterocycles. The number of hydrogen-bond donors (Lipinski definition) is 3. The minimum absolute atomic E-state index is 0.850. The summed E-state index contributed by atoms with van der Waals surface area (Å²) in [6, 6.07) is 0. The SMILES string of the molecule is CCC/C(N)=C/NS. The van der Waals surface area contributed by atoms with Crippen LogP contribution < -0.4 is 10.5 Å². The van der Waals surface area contributed by atoms with Crippen molar-refractivity contribution in [3.63, 3.8) is 0 Å². The largest absolute Gasteiger partial charge is 0.401 e. The molecule has 48 valence electrons. The van der Waals surface area contributed by atoms with Crippen molar-refractivity contribution in [2.24, 2.45) is 5.73 Å². The number of rotatable bonds is 3. The Morgan fingerprint density at radius 1 is 1.88 bits per heavy atom. The van der Waals surface area contributed by atoms with Crippen LogP contribution in [-0.2, 0) is 0 Å². The average Bonchev–Trinajstić information content (AvgIpc) is 1.68. The highest BCUT2D eigenvalue weighted by atomic mass is 32.1. The predicted octanol–water partition coefficient (Wildman–Crippen LogP) is 1.02. The molecule has 0 fully saturated rings. The van der Waals surface area contributed by atoms with E-state index < -0.39 is 0 Å². The van der Waals surface area contributed by atoms with Gasteiger partial charge < -0.3 is 10.5 Å². The van der Waals surface area contributed by atoms with E-state index in [1.807, 2.05) is 0 Å². The fraction of sp³-hybridized carbons (Fsp3) is 0.600. The quantitative estimate of drug-likeness (QED) is 0.502. The van der Waals surface area contributed by atoms with Crippen LogP contribution in [0.25, 0.3) is 0 Å². The number of thiol groups is 1. The van der Waals surface area contributed by atoms with Crippen LogP contribution in [0.3, 0.4) is 0 Å². The summed E-state index contributed by atoms with van der Waals surface area (Å²) in [5, 5.41) is 0. The molecule has 8 heavy (non-hydrogen) atoms. The summed E-state index contributed by atoms with van der Waals surface area (Å²) in [7, 11) is 0. The summed E-state index contributed by atoms with van der Waals surface area (Å²) in [5.74, 6) is 0. The Labute approximate surface area is 55.7 Å². The van der Waals surface area contributed by atoms with Gasteiger partial charge in [-0.25, -0.2) is 0 Å². The molecule has 0 aromatic heterocycles. The van der Waals surface area contributed by atoms with Crippen LogP contribution in [0.15, 0.2) is 11.9 Å². The standard InChI is InChI=1S/C5H12N2S/c1-2-3-5(6)4-7-8/h4,7-8H,2-3,6H2,1H3/b5-4-. The van der Waals surface area contributed by atoms with E-state index in [9.17, 15) is 0 Å². The van der Waals surface area contributed by atoms with Crippen LogP contribution in [-0.4, -0.2) is 0 Å². The van der Waals surface area contributed by atoms with Gasteiger partial charge in [0.1, 0.15) is 0 Å². The lowest BCUT2D eigenvalue weighted by atomic mass is 10.3. The van der Waals surface area contributed by atoms with Crippen molar-refractivity contribution in [2.45, 2.75) is 19.8 Å². The smallest absolute Gasteiger partial charge is 0.0258 e. The van der Waals surface area contributed by atoms with Gasteiger partial charge in [-0.3, -0.25) is 0 Å². The zero-order valence-electron chi connectivity index (χ0n) is 5.02. The first-order valence-electron chi connectivity index (χ1n) is 2.65. The average molecular weight is 132 g/mol. The summed E-state index contributed by atoms with van der Waals surface area (Å²) in [5.41, 5.74) is 6.29. The summed E-state index contributed by atoms with van der Waals surface area (Å²) in [6.07, 6.45) is 3.71. The zero-order valence-corrected chi connectivity index (χ0v) is 5.91. The van der Waals surface area contributed by atoms with Crippen LogP contribution in [0.1, 0.15) is 19.8 Å². The van der Waals surface area contributed by atoms with Crippen molar-refractivity contribution in [1.82, 2.24) is 4.72 Å². The predicted molar refractivity (Wildman–Crippen MR) is 39.3 cm³/mol. The Hall–Kier alpha value is -0.310. The lowest BCUT2D eigenvalue weighted by Gasteiger charge is -1.94. The number of hydrogen-bond acceptors (Lipinski definition) is 3. The molecule has 3 heteroatoms. The molecule has 2 nitrogen and oxygen atoms in total. The third kappa shape index (κ3) is 3.87. The van der Waals surface area contributed by atoms with Crippen molar-refractivity contribution in [3.05, 3.63) is 11.9 Å². The van der Waals surface area contributed by atoms with Crippen LogP contribution in [0.5, 0.6) is 0 Å². The molecule has 0 aliphatic rings. The first-order valence-corrected chi connectivity index (χ1v) is 3.10. The van der Waals surface area contributed by atoms with Crippen molar-refractivity contribution < 1.29 is 0 Å². The monoisotopic (exact) mass is 132 g/mol. The van der Waals surface area contributed by atoms with Crippen LogP contribution in [0.4, 0.5) is 0 Å². The Morgan fingerprint density at radius 2 is 2.50 bits per heavy atom. The van der Waals surface area contributed by atoms with Crippen LogP contribution in [0, 0.1) is 0 Å². The van der Waals surface area contributed by atoms with Gasteiger partial charge in [-0.2, -0.15) is 0 Å². The number of nitrogens with two attached hydrogens (primary N) is 1. The normalized spacial score (nSPS) is 11.5. The van der Waals surface area contributed by atoms with E-state index >= 15 is 0 Å². The Bertz CT molecular complexity index is 80.5. The highest BCUT2D eigenvalue weighted by Crippen LogP contribution is 1.93. The zero-order chi connectivity index (χ0) is 6.41. The van der Waals surface area contributed by atoms with Gasteiger partial charge in [-0.15, -0.1) is 0 Å². The molecule has 0 aliphatic carbocycles. The molecule has 0 atom stereocenters. The second-order valence-electron chi connectivity index (χ2n) is 1.60. The number of nitrogens with one attached hydrogen (secondary N) is 1. The van der Waals surface area contributed by atoms with E-state index in [-0.39, 0.29) is 0 Å². The van der Waals surface area contributed by atoms with E-state index in [0.717, 1.165) is 18.5 Å². The second-order valence-corrected chi connectivity index (χ2v) is 1.86. The summed E-state index contributed by atoms with van der Waals surface area (Å²) in [6.45, 7) is 2.08. The van der Waals surface area contributed by atoms with Gasteiger partial charge in [0.05, 0.1) is 0 Å². The molecule has 0 heterocycles. The van der Waals surface area contributed by atoms with Crippen LogP contribution >= 0.6 is 12.8 Å². The van der Waals surface area contributed by atoms with Crippen molar-refractivity contribution in [2.75, 3.05) is 0 Å². The number of allylic oxidation sites excluding steroid dienone is 1. The Morgan fingerprint density at radius 3 is 2.88 bits per heavy atom. The molecule has 0 amide bonds. The minimum Gasteiger partial charge on any atom is -0.401 e. The maximum absolute atomic E-state index is 5.44. The van der Waals surface area contributed by atoms with Gasteiger partial charge in [-0.1, -0.05) is 26.2 Å². The van der Waals surface area contributed by atoms with Crippen molar-refractivity contribution >= 4 is 12.8 Å². The molecular weight excluding hydrogens is 120 g/mol. The second kappa shape index (κ2) is 4.84. The van der Waals surface area contributed by atoms with Crippen molar-refractivity contribution in [3.8, 4) is 0 Å². The van der Waals surface area contributed by atoms with E-state index in [2.05, 4.69) is 24.5 Å². The molecular formula is C5H12N2S. The topological polar surface area (TPSA) is 38.0 Å². The third-order valence-corrected chi connectivity index (χ3v) is 0.918. The molecule has 0 aromatic rings. The van der Waals surface area contributed by atoms with Gasteiger partial charge in [0.25, 0.3) is 0 Å². The van der Waals surface area contributed by atoms with Gasteiger partial charge in [0.15, 0.2) is 0 Å². The first-order chi connectivity index (χ1) is 3.81. The molecule has 0 rings (SSSR count). The lowest BCUT2D eigenvalue weighted by Crippen LogP contribution is -1.99. The van der Waals surface area contributed by atoms with Gasteiger partial charge >= 0.3 is 0 Å². The molecule has 3 N–H and O–H groups in total. The third-order valence-electron chi connectivity index (χ3n) is 0.789. The van der Waals surface area contributed by atoms with E-state index in [1.54, 1.807) is 6.20 Å². The Balaban J connectivity index is 3.29. The molecule has 0 aromatic carbocycles. The van der Waals surface area contributed by atoms with E-state index in [0.29, 0.717) is 0 Å². The highest BCUT2D eigenvalue weighted by Gasteiger charge is 1.82. The maximum atomic E-state index is 5.44. The molecule has 0 spiro atoms. The molecule has 0 saturated heterocycles. The molecule has 0 unspecified atom stereocenters. The summed E-state index contributed by atoms with van der Waals surface area (Å²) < 4.78 is 2.56. The van der Waals surface area contributed by atoms with Gasteiger partial charge in [0.2, 0.25) is 0 Å². The fourth-order valence-electron chi connectivity index (χ4n) is 0.444. The van der Waals surface area contributed by atoms with E-state index in [4.69, 9.17) is 5.73 Å². The first kappa shape index (κ1) is 7.69. The maximum Gasteiger partial charge on any atom is 0.0258 e. The lowest BCUT2D eigenvalue weighted by molar-refractivity contribution is 0.886. The van der Waals surface area contributed by atoms with Gasteiger partial charge in [0, 0.05) is 11.9 Å². The highest BCUT2D eigenvalue weighted by molar-refractivity contribution is 7.78.